The van der Waals surface area contributed by atoms with Gasteiger partial charge in [-0.3, -0.25) is 0 Å². The number of hydrogen-bond acceptors (Lipinski definition) is 4. The van der Waals surface area contributed by atoms with Crippen molar-refractivity contribution in [1.82, 2.24) is 9.71 Å². The van der Waals surface area contributed by atoms with Gasteiger partial charge >= 0.3 is 0 Å². The van der Waals surface area contributed by atoms with Crippen LogP contribution in [-0.2, 0) is 15.8 Å². The second-order valence-electron chi connectivity index (χ2n) is 5.62. The molecule has 1 aromatic heterocycles. The summed E-state index contributed by atoms with van der Waals surface area (Å²) in [5, 5.41) is 0.598. The van der Waals surface area contributed by atoms with Crippen molar-refractivity contribution in [2.45, 2.75) is 18.2 Å². The van der Waals surface area contributed by atoms with Crippen LogP contribution in [0.2, 0.25) is 5.02 Å². The number of nitrogens with one attached hydrogen (secondary N) is 1. The first kappa shape index (κ1) is 16.2. The van der Waals surface area contributed by atoms with Gasteiger partial charge in [-0.15, -0.1) is 0 Å². The molecule has 3 rings (SSSR count). The smallest absolute Gasteiger partial charge is 0.216 e. The van der Waals surface area contributed by atoms with Gasteiger partial charge in [0.2, 0.25) is 10.0 Å². The SMILES string of the molecule is O=S(=O)(Cc1ccc(Cl)cc1)NC1CCN(c2ccccn2)C1. The zero-order chi connectivity index (χ0) is 16.3. The zero-order valence-electron chi connectivity index (χ0n) is 12.5. The fourth-order valence-electron chi connectivity index (χ4n) is 2.70. The molecule has 0 amide bonds. The summed E-state index contributed by atoms with van der Waals surface area (Å²) in [5.41, 5.74) is 0.724. The fourth-order valence-corrected chi connectivity index (χ4v) is 4.24. The maximum absolute atomic E-state index is 12.3. The van der Waals surface area contributed by atoms with Gasteiger partial charge in [0.15, 0.2) is 0 Å². The topological polar surface area (TPSA) is 62.3 Å². The van der Waals surface area contributed by atoms with Gasteiger partial charge in [0.1, 0.15) is 5.82 Å². The van der Waals surface area contributed by atoms with E-state index in [0.717, 1.165) is 24.3 Å². The molecule has 23 heavy (non-hydrogen) atoms. The Hall–Kier alpha value is -1.63. The highest BCUT2D eigenvalue weighted by Gasteiger charge is 2.27. The summed E-state index contributed by atoms with van der Waals surface area (Å²) in [6.45, 7) is 1.43. The van der Waals surface area contributed by atoms with Crippen molar-refractivity contribution in [3.8, 4) is 0 Å². The molecule has 1 N–H and O–H groups in total. The first-order valence-corrected chi connectivity index (χ1v) is 9.45. The standard InChI is InChI=1S/C16H18ClN3O2S/c17-14-6-4-13(5-7-14)12-23(21,22)19-15-8-10-20(11-15)16-3-1-2-9-18-16/h1-7,9,15,19H,8,10-12H2. The molecule has 1 saturated heterocycles. The van der Waals surface area contributed by atoms with Crippen molar-refractivity contribution in [3.05, 3.63) is 59.2 Å². The molecule has 1 unspecified atom stereocenters. The van der Waals surface area contributed by atoms with E-state index in [0.29, 0.717) is 11.6 Å². The fraction of sp³-hybridized carbons (Fsp3) is 0.312. The van der Waals surface area contributed by atoms with Crippen molar-refractivity contribution in [2.75, 3.05) is 18.0 Å². The van der Waals surface area contributed by atoms with Crippen LogP contribution >= 0.6 is 11.6 Å². The van der Waals surface area contributed by atoms with E-state index in [9.17, 15) is 8.42 Å². The highest BCUT2D eigenvalue weighted by atomic mass is 35.5. The van der Waals surface area contributed by atoms with Gasteiger partial charge in [-0.2, -0.15) is 0 Å². The average Bonchev–Trinajstić information content (AvgIpc) is 2.98. The summed E-state index contributed by atoms with van der Waals surface area (Å²) in [7, 11) is -3.38. The van der Waals surface area contributed by atoms with Crippen LogP contribution in [0.25, 0.3) is 0 Å². The van der Waals surface area contributed by atoms with Crippen LogP contribution in [0.1, 0.15) is 12.0 Å². The first-order chi connectivity index (χ1) is 11.0. The second-order valence-corrected chi connectivity index (χ2v) is 7.81. The number of rotatable bonds is 5. The molecule has 7 heteroatoms. The molecule has 0 saturated carbocycles. The molecule has 0 spiro atoms. The lowest BCUT2D eigenvalue weighted by Gasteiger charge is -2.17. The van der Waals surface area contributed by atoms with Crippen LogP contribution in [0.15, 0.2) is 48.7 Å². The Morgan fingerprint density at radius 3 is 2.70 bits per heavy atom. The number of hydrogen-bond donors (Lipinski definition) is 1. The third-order valence-electron chi connectivity index (χ3n) is 3.78. The summed E-state index contributed by atoms with van der Waals surface area (Å²) >= 11 is 5.82. The van der Waals surface area contributed by atoms with Gasteiger partial charge in [-0.05, 0) is 36.2 Å². The summed E-state index contributed by atoms with van der Waals surface area (Å²) < 4.78 is 27.4. The van der Waals surface area contributed by atoms with Crippen molar-refractivity contribution >= 4 is 27.4 Å². The number of pyridine rings is 1. The van der Waals surface area contributed by atoms with Crippen LogP contribution in [0.4, 0.5) is 5.82 Å². The Labute approximate surface area is 141 Å². The Kier molecular flexibility index (Phi) is 4.84. The van der Waals surface area contributed by atoms with Gasteiger partial charge in [0, 0.05) is 30.4 Å². The van der Waals surface area contributed by atoms with Gasteiger partial charge < -0.3 is 4.90 Å². The third-order valence-corrected chi connectivity index (χ3v) is 5.44. The lowest BCUT2D eigenvalue weighted by molar-refractivity contribution is 0.560. The van der Waals surface area contributed by atoms with Gasteiger partial charge in [-0.25, -0.2) is 18.1 Å². The lowest BCUT2D eigenvalue weighted by atomic mass is 10.2. The second kappa shape index (κ2) is 6.86. The molecular formula is C16H18ClN3O2S. The average molecular weight is 352 g/mol. The molecule has 2 aromatic rings. The molecule has 1 fully saturated rings. The summed E-state index contributed by atoms with van der Waals surface area (Å²) in [4.78, 5) is 6.40. The molecular weight excluding hydrogens is 334 g/mol. The molecule has 2 heterocycles. The predicted octanol–water partition coefficient (Wildman–Crippen LogP) is 2.43. The quantitative estimate of drug-likeness (QED) is 0.898. The largest absolute Gasteiger partial charge is 0.355 e. The number of aromatic nitrogens is 1. The number of halogens is 1. The van der Waals surface area contributed by atoms with Crippen LogP contribution in [0, 0.1) is 0 Å². The Balaban J connectivity index is 1.60. The molecule has 1 aromatic carbocycles. The molecule has 1 atom stereocenters. The van der Waals surface area contributed by atoms with Crippen molar-refractivity contribution in [2.24, 2.45) is 0 Å². The van der Waals surface area contributed by atoms with E-state index in [1.807, 2.05) is 18.2 Å². The zero-order valence-corrected chi connectivity index (χ0v) is 14.1. The van der Waals surface area contributed by atoms with Gasteiger partial charge in [0.05, 0.1) is 5.75 Å². The third kappa shape index (κ3) is 4.43. The Morgan fingerprint density at radius 2 is 2.00 bits per heavy atom. The van der Waals surface area contributed by atoms with Crippen molar-refractivity contribution in [1.29, 1.82) is 0 Å². The van der Waals surface area contributed by atoms with E-state index >= 15 is 0 Å². The normalized spacial score (nSPS) is 18.3. The highest BCUT2D eigenvalue weighted by molar-refractivity contribution is 7.88. The lowest BCUT2D eigenvalue weighted by Crippen LogP contribution is -2.37. The highest BCUT2D eigenvalue weighted by Crippen LogP contribution is 2.18. The minimum absolute atomic E-state index is 0.0374. The maximum atomic E-state index is 12.3. The van der Waals surface area contributed by atoms with Crippen LogP contribution < -0.4 is 9.62 Å². The number of nitrogens with zero attached hydrogens (tertiary/aromatic N) is 2. The summed E-state index contributed by atoms with van der Waals surface area (Å²) in [5.74, 6) is 0.844. The maximum Gasteiger partial charge on any atom is 0.216 e. The van der Waals surface area contributed by atoms with E-state index in [4.69, 9.17) is 11.6 Å². The molecule has 0 aliphatic carbocycles. The van der Waals surface area contributed by atoms with Gasteiger partial charge in [0.25, 0.3) is 0 Å². The van der Waals surface area contributed by atoms with E-state index in [1.165, 1.54) is 0 Å². The molecule has 122 valence electrons. The molecule has 1 aliphatic rings. The van der Waals surface area contributed by atoms with Crippen LogP contribution in [-0.4, -0.2) is 32.5 Å². The number of benzene rings is 1. The Bertz CT molecular complexity index is 751. The summed E-state index contributed by atoms with van der Waals surface area (Å²) in [6, 6.07) is 12.5. The van der Waals surface area contributed by atoms with E-state index in [1.54, 1.807) is 30.5 Å². The number of anilines is 1. The van der Waals surface area contributed by atoms with E-state index < -0.39 is 10.0 Å². The van der Waals surface area contributed by atoms with Crippen LogP contribution in [0.5, 0.6) is 0 Å². The number of sulfonamides is 1. The molecule has 1 aliphatic heterocycles. The monoisotopic (exact) mass is 351 g/mol. The minimum Gasteiger partial charge on any atom is -0.355 e. The van der Waals surface area contributed by atoms with Crippen molar-refractivity contribution < 1.29 is 8.42 Å². The molecule has 5 nitrogen and oxygen atoms in total. The van der Waals surface area contributed by atoms with Gasteiger partial charge in [-0.1, -0.05) is 29.8 Å². The first-order valence-electron chi connectivity index (χ1n) is 7.42. The predicted molar refractivity (Wildman–Crippen MR) is 92.1 cm³/mol. The summed E-state index contributed by atoms with van der Waals surface area (Å²) in [6.07, 6.45) is 2.52. The van der Waals surface area contributed by atoms with E-state index in [2.05, 4.69) is 14.6 Å². The van der Waals surface area contributed by atoms with Crippen molar-refractivity contribution in [3.63, 3.8) is 0 Å². The molecule has 0 radical (unpaired) electrons. The molecule has 0 bridgehead atoms. The van der Waals surface area contributed by atoms with E-state index in [-0.39, 0.29) is 11.8 Å². The minimum atomic E-state index is -3.38. The Morgan fingerprint density at radius 1 is 1.22 bits per heavy atom. The van der Waals surface area contributed by atoms with Crippen LogP contribution in [0.3, 0.4) is 0 Å².